The van der Waals surface area contributed by atoms with Crippen LogP contribution >= 0.6 is 0 Å². The number of methoxy groups -OCH3 is 1. The van der Waals surface area contributed by atoms with Crippen molar-refractivity contribution in [3.8, 4) is 28.6 Å². The van der Waals surface area contributed by atoms with E-state index in [1.54, 1.807) is 6.07 Å². The number of phenols is 1. The Hall–Kier alpha value is -2.99. The molecule has 0 aliphatic heterocycles. The topological polar surface area (TPSA) is 72.1 Å². The largest absolute Gasteiger partial charge is 0.504 e. The molecule has 0 unspecified atom stereocenters. The first kappa shape index (κ1) is 20.7. The predicted octanol–water partition coefficient (Wildman–Crippen LogP) is 4.28. The van der Waals surface area contributed by atoms with Gasteiger partial charge in [-0.3, -0.25) is 4.79 Å². The Labute approximate surface area is 170 Å². The zero-order valence-electron chi connectivity index (χ0n) is 17.1. The normalized spacial score (nSPS) is 11.2. The summed E-state index contributed by atoms with van der Waals surface area (Å²) in [6.45, 7) is 7.49. The van der Waals surface area contributed by atoms with E-state index in [9.17, 15) is 9.90 Å². The van der Waals surface area contributed by atoms with E-state index in [0.29, 0.717) is 18.1 Å². The lowest BCUT2D eigenvalue weighted by molar-refractivity contribution is 0.237. The summed E-state index contributed by atoms with van der Waals surface area (Å²) in [5, 5.41) is 10.8. The lowest BCUT2D eigenvalue weighted by atomic mass is 10.1. The van der Waals surface area contributed by atoms with Crippen molar-refractivity contribution in [3.63, 3.8) is 0 Å². The number of benzene rings is 2. The third-order valence-electron chi connectivity index (χ3n) is 4.95. The maximum atomic E-state index is 12.7. The highest BCUT2D eigenvalue weighted by Crippen LogP contribution is 2.42. The molecule has 29 heavy (non-hydrogen) atoms. The van der Waals surface area contributed by atoms with E-state index >= 15 is 0 Å². The van der Waals surface area contributed by atoms with E-state index in [-0.39, 0.29) is 27.9 Å². The second-order valence-corrected chi connectivity index (χ2v) is 6.70. The van der Waals surface area contributed by atoms with Crippen molar-refractivity contribution in [1.82, 2.24) is 4.90 Å². The minimum Gasteiger partial charge on any atom is -0.504 e. The first-order chi connectivity index (χ1) is 14.1. The molecule has 1 heterocycles. The molecule has 0 aliphatic rings. The number of ether oxygens (including phenoxy) is 2. The number of aromatic hydroxyl groups is 1. The van der Waals surface area contributed by atoms with Crippen molar-refractivity contribution in [3.05, 3.63) is 52.7 Å². The Morgan fingerprint density at radius 3 is 2.48 bits per heavy atom. The summed E-state index contributed by atoms with van der Waals surface area (Å²) in [5.41, 5.74) is 0.695. The SMILES string of the molecule is CCN(CC)CCCOc1c(OC)cc2oc(-c3ccccc3)cc(=O)c2c1O. The van der Waals surface area contributed by atoms with Gasteiger partial charge >= 0.3 is 0 Å². The molecule has 6 heteroatoms. The summed E-state index contributed by atoms with van der Waals surface area (Å²) in [7, 11) is 1.49. The van der Waals surface area contributed by atoms with Gasteiger partial charge in [0, 0.05) is 24.2 Å². The number of hydrogen-bond acceptors (Lipinski definition) is 6. The number of hydrogen-bond donors (Lipinski definition) is 1. The van der Waals surface area contributed by atoms with Gasteiger partial charge in [-0.15, -0.1) is 0 Å². The van der Waals surface area contributed by atoms with Crippen LogP contribution in [0.4, 0.5) is 0 Å². The number of rotatable bonds is 9. The summed E-state index contributed by atoms with van der Waals surface area (Å²) in [5.74, 6) is 0.665. The molecule has 3 rings (SSSR count). The van der Waals surface area contributed by atoms with Gasteiger partial charge in [-0.25, -0.2) is 0 Å². The molecule has 1 aromatic heterocycles. The van der Waals surface area contributed by atoms with Gasteiger partial charge in [0.25, 0.3) is 0 Å². The van der Waals surface area contributed by atoms with Crippen molar-refractivity contribution >= 4 is 11.0 Å². The van der Waals surface area contributed by atoms with Crippen LogP contribution in [0.15, 0.2) is 51.7 Å². The molecule has 0 aliphatic carbocycles. The molecule has 0 spiro atoms. The summed E-state index contributed by atoms with van der Waals surface area (Å²) in [6, 6.07) is 12.3. The first-order valence-electron chi connectivity index (χ1n) is 9.87. The average Bonchev–Trinajstić information content (AvgIpc) is 2.75. The Bertz CT molecular complexity index is 1010. The average molecular weight is 397 g/mol. The van der Waals surface area contributed by atoms with E-state index in [2.05, 4.69) is 18.7 Å². The predicted molar refractivity (Wildman–Crippen MR) is 114 cm³/mol. The van der Waals surface area contributed by atoms with Crippen LogP contribution in [-0.4, -0.2) is 43.4 Å². The zero-order chi connectivity index (χ0) is 20.8. The summed E-state index contributed by atoms with van der Waals surface area (Å²) < 4.78 is 17.1. The van der Waals surface area contributed by atoms with E-state index in [0.717, 1.165) is 31.6 Å². The Kier molecular flexibility index (Phi) is 6.77. The van der Waals surface area contributed by atoms with Crippen molar-refractivity contribution in [2.24, 2.45) is 0 Å². The van der Waals surface area contributed by atoms with Crippen LogP contribution in [0.3, 0.4) is 0 Å². The van der Waals surface area contributed by atoms with Gasteiger partial charge in [0.15, 0.2) is 16.9 Å². The number of nitrogens with zero attached hydrogens (tertiary/aromatic N) is 1. The van der Waals surface area contributed by atoms with E-state index in [1.165, 1.54) is 13.2 Å². The van der Waals surface area contributed by atoms with Gasteiger partial charge in [-0.1, -0.05) is 44.2 Å². The third kappa shape index (κ3) is 4.54. The third-order valence-corrected chi connectivity index (χ3v) is 4.95. The van der Waals surface area contributed by atoms with Crippen molar-refractivity contribution in [2.45, 2.75) is 20.3 Å². The van der Waals surface area contributed by atoms with Crippen LogP contribution < -0.4 is 14.9 Å². The van der Waals surface area contributed by atoms with Crippen LogP contribution in [0.5, 0.6) is 17.2 Å². The molecule has 0 atom stereocenters. The van der Waals surface area contributed by atoms with Crippen molar-refractivity contribution < 1.29 is 19.0 Å². The minimum atomic E-state index is -0.335. The summed E-state index contributed by atoms with van der Waals surface area (Å²) >= 11 is 0. The summed E-state index contributed by atoms with van der Waals surface area (Å²) in [4.78, 5) is 15.0. The maximum absolute atomic E-state index is 12.7. The van der Waals surface area contributed by atoms with Gasteiger partial charge < -0.3 is 23.9 Å². The molecule has 0 radical (unpaired) electrons. The summed E-state index contributed by atoms with van der Waals surface area (Å²) in [6.07, 6.45) is 0.795. The van der Waals surface area contributed by atoms with Crippen molar-refractivity contribution in [1.29, 1.82) is 0 Å². The van der Waals surface area contributed by atoms with Gasteiger partial charge in [0.05, 0.1) is 13.7 Å². The maximum Gasteiger partial charge on any atom is 0.204 e. The van der Waals surface area contributed by atoms with Crippen LogP contribution in [0, 0.1) is 0 Å². The Morgan fingerprint density at radius 2 is 1.83 bits per heavy atom. The van der Waals surface area contributed by atoms with Crippen LogP contribution in [0.2, 0.25) is 0 Å². The second kappa shape index (κ2) is 9.47. The standard InChI is InChI=1S/C23H27NO5/c1-4-24(5-2)12-9-13-28-23-20(27-3)15-19-21(22(23)26)17(25)14-18(29-19)16-10-7-6-8-11-16/h6-8,10-11,14-15,26H,4-5,9,12-13H2,1-3H3. The van der Waals surface area contributed by atoms with Gasteiger partial charge in [0.1, 0.15) is 16.7 Å². The molecule has 0 amide bonds. The minimum absolute atomic E-state index is 0.0872. The van der Waals surface area contributed by atoms with Gasteiger partial charge in [0.2, 0.25) is 5.75 Å². The second-order valence-electron chi connectivity index (χ2n) is 6.70. The fraction of sp³-hybridized carbons (Fsp3) is 0.348. The lowest BCUT2D eigenvalue weighted by Crippen LogP contribution is -2.25. The van der Waals surface area contributed by atoms with Crippen LogP contribution in [0.25, 0.3) is 22.3 Å². The van der Waals surface area contributed by atoms with E-state index in [1.807, 2.05) is 30.3 Å². The van der Waals surface area contributed by atoms with Crippen molar-refractivity contribution in [2.75, 3.05) is 33.4 Å². The monoisotopic (exact) mass is 397 g/mol. The first-order valence-corrected chi connectivity index (χ1v) is 9.87. The molecule has 0 fully saturated rings. The number of fused-ring (bicyclic) bond motifs is 1. The highest BCUT2D eigenvalue weighted by Gasteiger charge is 2.20. The molecule has 0 saturated carbocycles. The molecule has 1 N–H and O–H groups in total. The fourth-order valence-corrected chi connectivity index (χ4v) is 3.30. The van der Waals surface area contributed by atoms with Crippen LogP contribution in [-0.2, 0) is 0 Å². The van der Waals surface area contributed by atoms with Gasteiger partial charge in [-0.2, -0.15) is 0 Å². The lowest BCUT2D eigenvalue weighted by Gasteiger charge is -2.18. The number of phenolic OH excluding ortho intramolecular Hbond substituents is 1. The zero-order valence-corrected chi connectivity index (χ0v) is 17.1. The van der Waals surface area contributed by atoms with Gasteiger partial charge in [-0.05, 0) is 19.5 Å². The fourth-order valence-electron chi connectivity index (χ4n) is 3.30. The molecule has 3 aromatic rings. The molecule has 6 nitrogen and oxygen atoms in total. The highest BCUT2D eigenvalue weighted by molar-refractivity contribution is 5.89. The quantitative estimate of drug-likeness (QED) is 0.543. The Morgan fingerprint density at radius 1 is 1.10 bits per heavy atom. The Balaban J connectivity index is 1.93. The molecule has 2 aromatic carbocycles. The van der Waals surface area contributed by atoms with Crippen LogP contribution in [0.1, 0.15) is 20.3 Å². The van der Waals surface area contributed by atoms with E-state index < -0.39 is 0 Å². The molecule has 0 bridgehead atoms. The smallest absolute Gasteiger partial charge is 0.204 e. The van der Waals surface area contributed by atoms with E-state index in [4.69, 9.17) is 13.9 Å². The molecule has 154 valence electrons. The highest BCUT2D eigenvalue weighted by atomic mass is 16.5. The molecular weight excluding hydrogens is 370 g/mol. The molecule has 0 saturated heterocycles. The molecular formula is C23H27NO5.